The Labute approximate surface area is 137 Å². The number of amides is 1. The second kappa shape index (κ2) is 6.11. The van der Waals surface area contributed by atoms with E-state index in [4.69, 9.17) is 4.74 Å². The van der Waals surface area contributed by atoms with Gasteiger partial charge in [0.25, 0.3) is 5.69 Å². The van der Waals surface area contributed by atoms with Crippen LogP contribution in [0.4, 0.5) is 11.4 Å². The van der Waals surface area contributed by atoms with E-state index in [1.165, 1.54) is 24.3 Å². The number of ketones is 1. The van der Waals surface area contributed by atoms with Crippen molar-refractivity contribution in [2.24, 2.45) is 0 Å². The highest BCUT2D eigenvalue weighted by Gasteiger charge is 2.27. The van der Waals surface area contributed by atoms with Crippen molar-refractivity contribution in [3.05, 3.63) is 63.7 Å². The average molecular weight is 326 g/mol. The predicted molar refractivity (Wildman–Crippen MR) is 86.4 cm³/mol. The number of carbonyl (C=O) groups is 2. The summed E-state index contributed by atoms with van der Waals surface area (Å²) in [6.45, 7) is 1.59. The maximum Gasteiger partial charge on any atom is 0.269 e. The largest absolute Gasteiger partial charge is 0.485 e. The molecule has 0 aliphatic carbocycles. The van der Waals surface area contributed by atoms with E-state index in [0.29, 0.717) is 11.3 Å². The molecule has 0 fully saturated rings. The highest BCUT2D eigenvalue weighted by Crippen LogP contribution is 2.32. The Morgan fingerprint density at radius 1 is 1.25 bits per heavy atom. The Hall–Kier alpha value is -3.22. The highest BCUT2D eigenvalue weighted by atomic mass is 16.6. The summed E-state index contributed by atoms with van der Waals surface area (Å²) in [7, 11) is 0. The van der Waals surface area contributed by atoms with Crippen molar-refractivity contribution >= 4 is 23.1 Å². The van der Waals surface area contributed by atoms with Gasteiger partial charge in [-0.2, -0.15) is 0 Å². The number of ether oxygens (including phenoxy) is 1. The van der Waals surface area contributed by atoms with Crippen molar-refractivity contribution in [2.45, 2.75) is 12.8 Å². The second-order valence-electron chi connectivity index (χ2n) is 5.48. The van der Waals surface area contributed by atoms with Crippen LogP contribution in [0.25, 0.3) is 0 Å². The molecule has 0 bridgehead atoms. The molecule has 0 saturated heterocycles. The molecule has 1 amide bonds. The smallest absolute Gasteiger partial charge is 0.269 e. The minimum Gasteiger partial charge on any atom is -0.485 e. The van der Waals surface area contributed by atoms with Crippen LogP contribution in [0.2, 0.25) is 0 Å². The molecule has 0 aromatic heterocycles. The number of benzene rings is 2. The van der Waals surface area contributed by atoms with Crippen LogP contribution in [0.3, 0.4) is 0 Å². The van der Waals surface area contributed by atoms with Gasteiger partial charge in [-0.05, 0) is 42.8 Å². The zero-order valence-electron chi connectivity index (χ0n) is 12.8. The van der Waals surface area contributed by atoms with Gasteiger partial charge in [0.1, 0.15) is 5.75 Å². The highest BCUT2D eigenvalue weighted by molar-refractivity contribution is 6.04. The lowest BCUT2D eigenvalue weighted by atomic mass is 9.99. The number of nitro groups is 1. The minimum absolute atomic E-state index is 0.0431. The third-order valence-electron chi connectivity index (χ3n) is 3.91. The number of non-ortho nitro benzene ring substituents is 1. The first-order chi connectivity index (χ1) is 11.5. The van der Waals surface area contributed by atoms with Crippen LogP contribution >= 0.6 is 0 Å². The molecular weight excluding hydrogens is 312 g/mol. The van der Waals surface area contributed by atoms with E-state index < -0.39 is 4.92 Å². The molecule has 1 aliphatic heterocycles. The Kier molecular flexibility index (Phi) is 3.99. The van der Waals surface area contributed by atoms with Gasteiger partial charge in [-0.25, -0.2) is 0 Å². The van der Waals surface area contributed by atoms with Gasteiger partial charge in [-0.1, -0.05) is 0 Å². The molecule has 0 radical (unpaired) electrons. The first-order valence-corrected chi connectivity index (χ1v) is 7.31. The van der Waals surface area contributed by atoms with Crippen LogP contribution in [-0.4, -0.2) is 23.2 Å². The van der Waals surface area contributed by atoms with Crippen molar-refractivity contribution in [1.82, 2.24) is 0 Å². The van der Waals surface area contributed by atoms with E-state index in [2.05, 4.69) is 5.32 Å². The number of nitrogens with one attached hydrogen (secondary N) is 1. The number of anilines is 1. The molecular formula is C17H14N2O5. The van der Waals surface area contributed by atoms with Crippen molar-refractivity contribution in [3.63, 3.8) is 0 Å². The summed E-state index contributed by atoms with van der Waals surface area (Å²) >= 11 is 0. The molecule has 7 heteroatoms. The molecule has 1 heterocycles. The van der Waals surface area contributed by atoms with Crippen LogP contribution in [0, 0.1) is 10.1 Å². The number of rotatable bonds is 5. The maximum atomic E-state index is 12.2. The summed E-state index contributed by atoms with van der Waals surface area (Å²) in [5.74, 6) is -0.233. The SMILES string of the molecule is C[C@@H]1C(=O)Nc2ccc(C(=O)COc3ccc([N+](=O)[O-])cc3)cc21. The van der Waals surface area contributed by atoms with Crippen LogP contribution in [0.1, 0.15) is 28.8 Å². The van der Waals surface area contributed by atoms with Gasteiger partial charge < -0.3 is 10.1 Å². The third kappa shape index (κ3) is 2.96. The van der Waals surface area contributed by atoms with Crippen LogP contribution < -0.4 is 10.1 Å². The molecule has 7 nitrogen and oxygen atoms in total. The van der Waals surface area contributed by atoms with Crippen molar-refractivity contribution in [3.8, 4) is 5.75 Å². The standard InChI is InChI=1S/C17H14N2O5/c1-10-14-8-11(2-7-15(14)18-17(10)21)16(20)9-24-13-5-3-12(4-6-13)19(22)23/h2-8,10H,9H2,1H3,(H,18,21)/t10-/m0/s1. The number of hydrogen-bond donors (Lipinski definition) is 1. The topological polar surface area (TPSA) is 98.5 Å². The summed E-state index contributed by atoms with van der Waals surface area (Å²) < 4.78 is 5.37. The Bertz CT molecular complexity index is 829. The van der Waals surface area contributed by atoms with Crippen LogP contribution in [-0.2, 0) is 4.79 Å². The number of hydrogen-bond acceptors (Lipinski definition) is 5. The van der Waals surface area contributed by atoms with E-state index in [-0.39, 0.29) is 29.9 Å². The molecule has 3 rings (SSSR count). The Balaban J connectivity index is 1.68. The minimum atomic E-state index is -0.504. The van der Waals surface area contributed by atoms with Crippen LogP contribution in [0.5, 0.6) is 5.75 Å². The van der Waals surface area contributed by atoms with Crippen molar-refractivity contribution in [1.29, 1.82) is 0 Å². The van der Waals surface area contributed by atoms with Crippen LogP contribution in [0.15, 0.2) is 42.5 Å². The molecule has 0 saturated carbocycles. The van der Waals surface area contributed by atoms with Gasteiger partial charge in [-0.15, -0.1) is 0 Å². The Morgan fingerprint density at radius 2 is 1.96 bits per heavy atom. The molecule has 0 unspecified atom stereocenters. The molecule has 2 aromatic rings. The van der Waals surface area contributed by atoms with Gasteiger partial charge in [0.15, 0.2) is 12.4 Å². The molecule has 24 heavy (non-hydrogen) atoms. The zero-order chi connectivity index (χ0) is 17.3. The van der Waals surface area contributed by atoms with Gasteiger partial charge in [0.2, 0.25) is 5.91 Å². The fourth-order valence-corrected chi connectivity index (χ4v) is 2.49. The van der Waals surface area contributed by atoms with E-state index in [9.17, 15) is 19.7 Å². The summed E-state index contributed by atoms with van der Waals surface area (Å²) in [6.07, 6.45) is 0. The van der Waals surface area contributed by atoms with E-state index in [0.717, 1.165) is 11.3 Å². The molecule has 122 valence electrons. The van der Waals surface area contributed by atoms with Gasteiger partial charge >= 0.3 is 0 Å². The monoisotopic (exact) mass is 326 g/mol. The normalized spacial score (nSPS) is 15.5. The third-order valence-corrected chi connectivity index (χ3v) is 3.91. The van der Waals surface area contributed by atoms with Crippen molar-refractivity contribution in [2.75, 3.05) is 11.9 Å². The average Bonchev–Trinajstić information content (AvgIpc) is 2.87. The number of nitrogens with zero attached hydrogens (tertiary/aromatic N) is 1. The summed E-state index contributed by atoms with van der Waals surface area (Å²) in [5, 5.41) is 13.3. The number of fused-ring (bicyclic) bond motifs is 1. The summed E-state index contributed by atoms with van der Waals surface area (Å²) in [4.78, 5) is 34.0. The maximum absolute atomic E-state index is 12.2. The summed E-state index contributed by atoms with van der Waals surface area (Å²) in [5.41, 5.74) is 1.93. The van der Waals surface area contributed by atoms with E-state index in [1.54, 1.807) is 25.1 Å². The quantitative estimate of drug-likeness (QED) is 0.517. The second-order valence-corrected chi connectivity index (χ2v) is 5.48. The molecule has 2 aromatic carbocycles. The number of Topliss-reactive ketones (excluding diaryl/α,β-unsaturated/α-hetero) is 1. The zero-order valence-corrected chi connectivity index (χ0v) is 12.8. The fourth-order valence-electron chi connectivity index (χ4n) is 2.49. The first kappa shape index (κ1) is 15.7. The molecule has 1 N–H and O–H groups in total. The molecule has 1 atom stereocenters. The number of nitro benzene ring substituents is 1. The van der Waals surface area contributed by atoms with E-state index in [1.807, 2.05) is 0 Å². The molecule has 1 aliphatic rings. The fraction of sp³-hybridized carbons (Fsp3) is 0.176. The number of carbonyl (C=O) groups excluding carboxylic acids is 2. The first-order valence-electron chi connectivity index (χ1n) is 7.31. The predicted octanol–water partition coefficient (Wildman–Crippen LogP) is 2.91. The van der Waals surface area contributed by atoms with Gasteiger partial charge in [0, 0.05) is 23.4 Å². The summed E-state index contributed by atoms with van der Waals surface area (Å²) in [6, 6.07) is 10.5. The Morgan fingerprint density at radius 3 is 2.62 bits per heavy atom. The molecule has 0 spiro atoms. The van der Waals surface area contributed by atoms with Gasteiger partial charge in [-0.3, -0.25) is 19.7 Å². The lowest BCUT2D eigenvalue weighted by Crippen LogP contribution is -2.12. The van der Waals surface area contributed by atoms with Gasteiger partial charge in [0.05, 0.1) is 10.8 Å². The van der Waals surface area contributed by atoms with Crippen molar-refractivity contribution < 1.29 is 19.2 Å². The lowest BCUT2D eigenvalue weighted by molar-refractivity contribution is -0.384. The van der Waals surface area contributed by atoms with E-state index >= 15 is 0 Å². The lowest BCUT2D eigenvalue weighted by Gasteiger charge is -2.07.